The normalized spacial score (nSPS) is 10.6. The monoisotopic (exact) mass is 323 g/mol. The summed E-state index contributed by atoms with van der Waals surface area (Å²) in [6.45, 7) is 1.87. The van der Waals surface area contributed by atoms with Gasteiger partial charge < -0.3 is 9.64 Å². The molecule has 0 aliphatic rings. The fourth-order valence-corrected chi connectivity index (χ4v) is 2.22. The third-order valence-corrected chi connectivity index (χ3v) is 3.56. The first-order chi connectivity index (χ1) is 11.6. The molecule has 4 heteroatoms. The number of Topliss-reactive ketones (excluding diaryl/α,β-unsaturated/α-hetero) is 1. The number of hydrogen-bond acceptors (Lipinski definition) is 3. The molecule has 0 spiro atoms. The number of ketones is 1. The zero-order chi connectivity index (χ0) is 17.4. The third kappa shape index (κ3) is 5.09. The van der Waals surface area contributed by atoms with E-state index in [0.29, 0.717) is 13.0 Å². The number of amides is 1. The fourth-order valence-electron chi connectivity index (χ4n) is 2.22. The number of carbonyl (C=O) groups excluding carboxylic acids is 2. The molecule has 0 saturated heterocycles. The highest BCUT2D eigenvalue weighted by atomic mass is 16.5. The molecule has 0 aliphatic carbocycles. The molecule has 0 saturated carbocycles. The minimum atomic E-state index is -0.162. The Balaban J connectivity index is 2.18. The summed E-state index contributed by atoms with van der Waals surface area (Å²) >= 11 is 0. The lowest BCUT2D eigenvalue weighted by Crippen LogP contribution is -2.31. The Morgan fingerprint density at radius 1 is 1.04 bits per heavy atom. The van der Waals surface area contributed by atoms with Gasteiger partial charge in [-0.15, -0.1) is 0 Å². The van der Waals surface area contributed by atoms with Crippen molar-refractivity contribution in [1.29, 1.82) is 0 Å². The summed E-state index contributed by atoms with van der Waals surface area (Å²) in [6.07, 6.45) is 3.61. The first-order valence-electron chi connectivity index (χ1n) is 7.78. The van der Waals surface area contributed by atoms with Gasteiger partial charge in [0.25, 0.3) is 5.91 Å². The van der Waals surface area contributed by atoms with Crippen LogP contribution in [-0.2, 0) is 9.59 Å². The van der Waals surface area contributed by atoms with Crippen LogP contribution in [0.4, 0.5) is 5.69 Å². The summed E-state index contributed by atoms with van der Waals surface area (Å²) in [5.74, 6) is 0.608. The zero-order valence-electron chi connectivity index (χ0n) is 13.9. The molecule has 2 aromatic carbocycles. The second kappa shape index (κ2) is 8.67. The average molecular weight is 323 g/mol. The largest absolute Gasteiger partial charge is 0.497 e. The van der Waals surface area contributed by atoms with Gasteiger partial charge in [0.15, 0.2) is 0 Å². The summed E-state index contributed by atoms with van der Waals surface area (Å²) in [5, 5.41) is 0. The van der Waals surface area contributed by atoms with Gasteiger partial charge in [0, 0.05) is 24.7 Å². The quantitative estimate of drug-likeness (QED) is 0.730. The van der Waals surface area contributed by atoms with Crippen LogP contribution in [0.5, 0.6) is 5.75 Å². The van der Waals surface area contributed by atoms with Gasteiger partial charge in [-0.05, 0) is 42.8 Å². The molecule has 0 heterocycles. The maximum Gasteiger partial charge on any atom is 0.251 e. The van der Waals surface area contributed by atoms with Crippen molar-refractivity contribution >= 4 is 23.5 Å². The number of carbonyl (C=O) groups is 2. The number of rotatable bonds is 7. The molecule has 0 bridgehead atoms. The summed E-state index contributed by atoms with van der Waals surface area (Å²) in [4.78, 5) is 25.5. The van der Waals surface area contributed by atoms with E-state index in [-0.39, 0.29) is 11.7 Å². The lowest BCUT2D eigenvalue weighted by molar-refractivity contribution is -0.117. The van der Waals surface area contributed by atoms with Crippen LogP contribution < -0.4 is 9.64 Å². The van der Waals surface area contributed by atoms with Crippen LogP contribution in [0, 0.1) is 0 Å². The molecule has 2 aromatic rings. The standard InChI is InChI=1S/C20H21NO3/c1-16(22)14-15-21(18-9-11-19(24-2)12-10-18)20(23)13-8-17-6-4-3-5-7-17/h3-13H,14-15H2,1-2H3/b13-8+. The predicted molar refractivity (Wildman–Crippen MR) is 96.1 cm³/mol. The van der Waals surface area contributed by atoms with Crippen molar-refractivity contribution in [2.75, 3.05) is 18.6 Å². The molecule has 0 fully saturated rings. The molecule has 0 radical (unpaired) electrons. The number of benzene rings is 2. The number of methoxy groups -OCH3 is 1. The van der Waals surface area contributed by atoms with Crippen LogP contribution in [0.1, 0.15) is 18.9 Å². The minimum absolute atomic E-state index is 0.0494. The summed E-state index contributed by atoms with van der Waals surface area (Å²) in [6, 6.07) is 16.8. The van der Waals surface area contributed by atoms with E-state index < -0.39 is 0 Å². The Hall–Kier alpha value is -2.88. The van der Waals surface area contributed by atoms with Gasteiger partial charge in [-0.2, -0.15) is 0 Å². The van der Waals surface area contributed by atoms with Crippen molar-refractivity contribution in [2.45, 2.75) is 13.3 Å². The SMILES string of the molecule is COc1ccc(N(CCC(C)=O)C(=O)/C=C/c2ccccc2)cc1. The second-order valence-electron chi connectivity index (χ2n) is 5.38. The highest BCUT2D eigenvalue weighted by molar-refractivity contribution is 6.04. The second-order valence-corrected chi connectivity index (χ2v) is 5.38. The van der Waals surface area contributed by atoms with Gasteiger partial charge in [0.1, 0.15) is 11.5 Å². The van der Waals surface area contributed by atoms with Gasteiger partial charge >= 0.3 is 0 Å². The molecular formula is C20H21NO3. The van der Waals surface area contributed by atoms with Crippen molar-refractivity contribution in [3.8, 4) is 5.75 Å². The first-order valence-corrected chi connectivity index (χ1v) is 7.78. The first kappa shape index (κ1) is 17.5. The number of anilines is 1. The van der Waals surface area contributed by atoms with Crippen molar-refractivity contribution in [3.05, 3.63) is 66.2 Å². The average Bonchev–Trinajstić information content (AvgIpc) is 2.61. The molecule has 4 nitrogen and oxygen atoms in total. The van der Waals surface area contributed by atoms with E-state index in [1.165, 1.54) is 13.0 Å². The summed E-state index contributed by atoms with van der Waals surface area (Å²) < 4.78 is 5.14. The molecule has 0 aromatic heterocycles. The minimum Gasteiger partial charge on any atom is -0.497 e. The topological polar surface area (TPSA) is 46.6 Å². The molecule has 124 valence electrons. The van der Waals surface area contributed by atoms with E-state index in [0.717, 1.165) is 17.0 Å². The van der Waals surface area contributed by atoms with Gasteiger partial charge in [-0.25, -0.2) is 0 Å². The summed E-state index contributed by atoms with van der Waals surface area (Å²) in [5.41, 5.74) is 1.69. The highest BCUT2D eigenvalue weighted by Gasteiger charge is 2.14. The molecule has 24 heavy (non-hydrogen) atoms. The fraction of sp³-hybridized carbons (Fsp3) is 0.200. The molecule has 1 amide bonds. The van der Waals surface area contributed by atoms with Gasteiger partial charge in [0.2, 0.25) is 0 Å². The zero-order valence-corrected chi connectivity index (χ0v) is 13.9. The van der Waals surface area contributed by atoms with Gasteiger partial charge in [0.05, 0.1) is 7.11 Å². The third-order valence-electron chi connectivity index (χ3n) is 3.56. The lowest BCUT2D eigenvalue weighted by Gasteiger charge is -2.21. The van der Waals surface area contributed by atoms with Crippen LogP contribution in [-0.4, -0.2) is 25.3 Å². The lowest BCUT2D eigenvalue weighted by atomic mass is 10.2. The predicted octanol–water partition coefficient (Wildman–Crippen LogP) is 3.72. The smallest absolute Gasteiger partial charge is 0.251 e. The molecule has 0 aliphatic heterocycles. The number of ether oxygens (including phenoxy) is 1. The van der Waals surface area contributed by atoms with E-state index in [4.69, 9.17) is 4.74 Å². The van der Waals surface area contributed by atoms with Crippen LogP contribution >= 0.6 is 0 Å². The van der Waals surface area contributed by atoms with Crippen molar-refractivity contribution < 1.29 is 14.3 Å². The Bertz CT molecular complexity index is 705. The highest BCUT2D eigenvalue weighted by Crippen LogP contribution is 2.20. The van der Waals surface area contributed by atoms with Crippen LogP contribution in [0.2, 0.25) is 0 Å². The van der Waals surface area contributed by atoms with Crippen LogP contribution in [0.3, 0.4) is 0 Å². The van der Waals surface area contributed by atoms with Crippen molar-refractivity contribution in [3.63, 3.8) is 0 Å². The maximum absolute atomic E-state index is 12.6. The molecule has 0 atom stereocenters. The maximum atomic E-state index is 12.6. The van der Waals surface area contributed by atoms with E-state index >= 15 is 0 Å². The van der Waals surface area contributed by atoms with E-state index in [1.807, 2.05) is 42.5 Å². The molecule has 0 N–H and O–H groups in total. The van der Waals surface area contributed by atoms with Gasteiger partial charge in [-0.1, -0.05) is 30.3 Å². The number of hydrogen-bond donors (Lipinski definition) is 0. The molecular weight excluding hydrogens is 302 g/mol. The van der Waals surface area contributed by atoms with E-state index in [9.17, 15) is 9.59 Å². The Labute approximate surface area is 142 Å². The molecule has 0 unspecified atom stereocenters. The van der Waals surface area contributed by atoms with Crippen LogP contribution in [0.15, 0.2) is 60.7 Å². The van der Waals surface area contributed by atoms with Crippen molar-refractivity contribution in [2.24, 2.45) is 0 Å². The Morgan fingerprint density at radius 2 is 1.71 bits per heavy atom. The van der Waals surface area contributed by atoms with E-state index in [2.05, 4.69) is 0 Å². The van der Waals surface area contributed by atoms with Crippen molar-refractivity contribution in [1.82, 2.24) is 0 Å². The Morgan fingerprint density at radius 3 is 2.29 bits per heavy atom. The van der Waals surface area contributed by atoms with E-state index in [1.54, 1.807) is 30.2 Å². The summed E-state index contributed by atoms with van der Waals surface area (Å²) in [7, 11) is 1.59. The number of nitrogens with zero attached hydrogens (tertiary/aromatic N) is 1. The van der Waals surface area contributed by atoms with Gasteiger partial charge in [-0.3, -0.25) is 9.59 Å². The Kier molecular flexibility index (Phi) is 6.32. The van der Waals surface area contributed by atoms with Crippen LogP contribution in [0.25, 0.3) is 6.08 Å². The molecule has 2 rings (SSSR count).